The van der Waals surface area contributed by atoms with Crippen LogP contribution in [0.4, 0.5) is 0 Å². The van der Waals surface area contributed by atoms with Crippen molar-refractivity contribution in [1.82, 2.24) is 0 Å². The second-order valence-electron chi connectivity index (χ2n) is 3.96. The number of Topliss-reactive ketones (excluding diaryl/α,β-unsaturated/α-hetero) is 1. The molecule has 0 aliphatic heterocycles. The van der Waals surface area contributed by atoms with Crippen LogP contribution in [0.3, 0.4) is 0 Å². The number of halogens is 2. The largest absolute Gasteiger partial charge is 0.293 e. The average molecular weight is 356 g/mol. The summed E-state index contributed by atoms with van der Waals surface area (Å²) in [5, 5.41) is 2.80. The SMILES string of the molecule is Cc1ccc(C(=O)C(Br)CBr)c2ccccc12. The van der Waals surface area contributed by atoms with Gasteiger partial charge in [0.1, 0.15) is 0 Å². The van der Waals surface area contributed by atoms with E-state index in [1.165, 1.54) is 5.56 Å². The van der Waals surface area contributed by atoms with Crippen LogP contribution in [-0.2, 0) is 0 Å². The third-order valence-corrected chi connectivity index (χ3v) is 5.08. The van der Waals surface area contributed by atoms with E-state index in [1.54, 1.807) is 0 Å². The first-order valence-electron chi connectivity index (χ1n) is 5.37. The topological polar surface area (TPSA) is 17.1 Å². The monoisotopic (exact) mass is 354 g/mol. The van der Waals surface area contributed by atoms with Crippen molar-refractivity contribution in [3.05, 3.63) is 47.5 Å². The minimum atomic E-state index is -0.173. The van der Waals surface area contributed by atoms with Gasteiger partial charge in [-0.15, -0.1) is 0 Å². The maximum atomic E-state index is 12.2. The molecule has 2 aromatic rings. The summed E-state index contributed by atoms with van der Waals surface area (Å²) in [7, 11) is 0. The van der Waals surface area contributed by atoms with E-state index in [4.69, 9.17) is 0 Å². The van der Waals surface area contributed by atoms with Crippen LogP contribution in [0.1, 0.15) is 15.9 Å². The molecular weight excluding hydrogens is 344 g/mol. The Morgan fingerprint density at radius 2 is 1.82 bits per heavy atom. The van der Waals surface area contributed by atoms with Crippen molar-refractivity contribution >= 4 is 48.4 Å². The van der Waals surface area contributed by atoms with Crippen molar-refractivity contribution in [1.29, 1.82) is 0 Å². The Hall–Kier alpha value is -0.670. The maximum Gasteiger partial charge on any atom is 0.177 e. The first-order valence-corrected chi connectivity index (χ1v) is 7.41. The van der Waals surface area contributed by atoms with Gasteiger partial charge in [-0.3, -0.25) is 4.79 Å². The number of carbonyl (C=O) groups is 1. The molecule has 0 saturated carbocycles. The number of benzene rings is 2. The number of alkyl halides is 2. The van der Waals surface area contributed by atoms with Crippen LogP contribution in [-0.4, -0.2) is 15.9 Å². The number of aryl methyl sites for hydroxylation is 1. The van der Waals surface area contributed by atoms with Gasteiger partial charge in [0.25, 0.3) is 0 Å². The Morgan fingerprint density at radius 3 is 2.47 bits per heavy atom. The number of rotatable bonds is 3. The van der Waals surface area contributed by atoms with E-state index in [9.17, 15) is 4.79 Å². The van der Waals surface area contributed by atoms with Crippen LogP contribution in [0, 0.1) is 6.92 Å². The van der Waals surface area contributed by atoms with Gasteiger partial charge in [0.15, 0.2) is 5.78 Å². The molecule has 0 spiro atoms. The molecule has 3 heteroatoms. The van der Waals surface area contributed by atoms with E-state index in [0.717, 1.165) is 16.3 Å². The molecule has 0 N–H and O–H groups in total. The van der Waals surface area contributed by atoms with Crippen LogP contribution in [0.25, 0.3) is 10.8 Å². The van der Waals surface area contributed by atoms with Gasteiger partial charge >= 0.3 is 0 Å². The molecule has 0 aliphatic carbocycles. The predicted molar refractivity (Wildman–Crippen MR) is 79.5 cm³/mol. The predicted octanol–water partition coefficient (Wildman–Crippen LogP) is 4.49. The van der Waals surface area contributed by atoms with Crippen molar-refractivity contribution in [3.8, 4) is 0 Å². The van der Waals surface area contributed by atoms with Gasteiger partial charge in [0.2, 0.25) is 0 Å². The highest BCUT2D eigenvalue weighted by Gasteiger charge is 2.18. The first-order chi connectivity index (χ1) is 8.15. The smallest absolute Gasteiger partial charge is 0.177 e. The number of carbonyl (C=O) groups excluding carboxylic acids is 1. The Kier molecular flexibility index (Phi) is 4.00. The lowest BCUT2D eigenvalue weighted by Gasteiger charge is -2.10. The molecule has 0 amide bonds. The molecule has 0 aliphatic rings. The second kappa shape index (κ2) is 5.32. The molecular formula is C14H12Br2O. The number of fused-ring (bicyclic) bond motifs is 1. The molecule has 88 valence electrons. The lowest BCUT2D eigenvalue weighted by Crippen LogP contribution is -2.15. The summed E-state index contributed by atoms with van der Waals surface area (Å²) in [6, 6.07) is 11.9. The molecule has 2 rings (SSSR count). The molecule has 0 fully saturated rings. The van der Waals surface area contributed by atoms with Gasteiger partial charge in [0, 0.05) is 10.9 Å². The Balaban J connectivity index is 2.63. The van der Waals surface area contributed by atoms with Crippen LogP contribution < -0.4 is 0 Å². The molecule has 0 bridgehead atoms. The molecule has 0 radical (unpaired) electrons. The molecule has 1 nitrogen and oxygen atoms in total. The Morgan fingerprint density at radius 1 is 1.18 bits per heavy atom. The van der Waals surface area contributed by atoms with Crippen LogP contribution in [0.5, 0.6) is 0 Å². The lowest BCUT2D eigenvalue weighted by atomic mass is 9.97. The van der Waals surface area contributed by atoms with Crippen molar-refractivity contribution in [2.24, 2.45) is 0 Å². The molecule has 17 heavy (non-hydrogen) atoms. The van der Waals surface area contributed by atoms with Crippen molar-refractivity contribution in [2.45, 2.75) is 11.8 Å². The van der Waals surface area contributed by atoms with E-state index in [2.05, 4.69) is 44.8 Å². The molecule has 1 atom stereocenters. The summed E-state index contributed by atoms with van der Waals surface area (Å²) >= 11 is 6.71. The number of hydrogen-bond donors (Lipinski definition) is 0. The fourth-order valence-corrected chi connectivity index (χ4v) is 2.44. The summed E-state index contributed by atoms with van der Waals surface area (Å²) in [6.07, 6.45) is 0. The highest BCUT2D eigenvalue weighted by Crippen LogP contribution is 2.25. The third kappa shape index (κ3) is 2.45. The zero-order valence-electron chi connectivity index (χ0n) is 9.41. The molecule has 0 heterocycles. The van der Waals surface area contributed by atoms with Gasteiger partial charge in [0.05, 0.1) is 4.83 Å². The summed E-state index contributed by atoms with van der Waals surface area (Å²) in [5.74, 6) is 0.123. The Labute approximate surface area is 117 Å². The van der Waals surface area contributed by atoms with Gasteiger partial charge < -0.3 is 0 Å². The summed E-state index contributed by atoms with van der Waals surface area (Å²) in [6.45, 7) is 2.06. The molecule has 1 unspecified atom stereocenters. The normalized spacial score (nSPS) is 12.6. The van der Waals surface area contributed by atoms with Crippen molar-refractivity contribution in [2.75, 3.05) is 5.33 Å². The average Bonchev–Trinajstić information content (AvgIpc) is 2.38. The maximum absolute atomic E-state index is 12.2. The highest BCUT2D eigenvalue weighted by molar-refractivity contribution is 9.12. The molecule has 2 aromatic carbocycles. The quantitative estimate of drug-likeness (QED) is 0.585. The van der Waals surface area contributed by atoms with E-state index in [1.807, 2.05) is 30.3 Å². The van der Waals surface area contributed by atoms with Crippen LogP contribution in [0.2, 0.25) is 0 Å². The minimum absolute atomic E-state index is 0.123. The third-order valence-electron chi connectivity index (χ3n) is 2.83. The number of hydrogen-bond acceptors (Lipinski definition) is 1. The van der Waals surface area contributed by atoms with Crippen LogP contribution in [0.15, 0.2) is 36.4 Å². The zero-order chi connectivity index (χ0) is 12.4. The fraction of sp³-hybridized carbons (Fsp3) is 0.214. The first kappa shape index (κ1) is 12.8. The summed E-state index contributed by atoms with van der Waals surface area (Å²) in [5.41, 5.74) is 1.98. The van der Waals surface area contributed by atoms with E-state index in [0.29, 0.717) is 5.33 Å². The van der Waals surface area contributed by atoms with E-state index < -0.39 is 0 Å². The lowest BCUT2D eigenvalue weighted by molar-refractivity contribution is 0.0999. The second-order valence-corrected chi connectivity index (χ2v) is 5.71. The van der Waals surface area contributed by atoms with Gasteiger partial charge in [-0.1, -0.05) is 68.3 Å². The standard InChI is InChI=1S/C14H12Br2O/c1-9-6-7-12(14(17)13(16)8-15)11-5-3-2-4-10(9)11/h2-7,13H,8H2,1H3. The van der Waals surface area contributed by atoms with E-state index in [-0.39, 0.29) is 10.6 Å². The number of ketones is 1. The van der Waals surface area contributed by atoms with Crippen molar-refractivity contribution in [3.63, 3.8) is 0 Å². The summed E-state index contributed by atoms with van der Waals surface area (Å²) in [4.78, 5) is 12.1. The molecule has 0 aromatic heterocycles. The van der Waals surface area contributed by atoms with Gasteiger partial charge in [-0.2, -0.15) is 0 Å². The zero-order valence-corrected chi connectivity index (χ0v) is 12.6. The van der Waals surface area contributed by atoms with Crippen molar-refractivity contribution < 1.29 is 4.79 Å². The van der Waals surface area contributed by atoms with E-state index >= 15 is 0 Å². The van der Waals surface area contributed by atoms with Gasteiger partial charge in [-0.25, -0.2) is 0 Å². The fourth-order valence-electron chi connectivity index (χ4n) is 1.90. The molecule has 0 saturated heterocycles. The Bertz CT molecular complexity index is 563. The van der Waals surface area contributed by atoms with Gasteiger partial charge in [-0.05, 0) is 23.3 Å². The summed E-state index contributed by atoms with van der Waals surface area (Å²) < 4.78 is 0. The van der Waals surface area contributed by atoms with Crippen LogP contribution >= 0.6 is 31.9 Å². The minimum Gasteiger partial charge on any atom is -0.293 e. The highest BCUT2D eigenvalue weighted by atomic mass is 79.9.